The monoisotopic (exact) mass is 230 g/mol. The van der Waals surface area contributed by atoms with Crippen LogP contribution in [0.25, 0.3) is 5.76 Å². The van der Waals surface area contributed by atoms with Crippen molar-refractivity contribution < 1.29 is 14.7 Å². The summed E-state index contributed by atoms with van der Waals surface area (Å²) in [6.45, 7) is 0. The molecule has 0 spiro atoms. The number of ketones is 2. The van der Waals surface area contributed by atoms with E-state index in [1.54, 1.807) is 18.2 Å². The number of Topliss-reactive ketones (excluding diaryl/α,β-unsaturated/α-hetero) is 2. The third-order valence-corrected chi connectivity index (χ3v) is 2.46. The Labute approximate surface area is 97.3 Å². The molecule has 1 saturated carbocycles. The Balaban J connectivity index is 2.47. The molecule has 5 heteroatoms. The summed E-state index contributed by atoms with van der Waals surface area (Å²) in [6, 6.07) is 4.89. The molecule has 1 aliphatic rings. The first-order valence-electron chi connectivity index (χ1n) is 5.07. The van der Waals surface area contributed by atoms with E-state index in [1.165, 1.54) is 6.20 Å². The summed E-state index contributed by atoms with van der Waals surface area (Å²) in [7, 11) is 0. The van der Waals surface area contributed by atoms with Crippen molar-refractivity contribution in [3.05, 3.63) is 35.7 Å². The lowest BCUT2D eigenvalue weighted by Gasteiger charge is -2.14. The molecule has 0 aliphatic heterocycles. The average molecular weight is 230 g/mol. The van der Waals surface area contributed by atoms with Crippen LogP contribution in [-0.2, 0) is 9.59 Å². The van der Waals surface area contributed by atoms with Gasteiger partial charge in [-0.05, 0) is 12.1 Å². The summed E-state index contributed by atoms with van der Waals surface area (Å²) in [5.41, 5.74) is -0.00680. The fraction of sp³-hybridized carbons (Fsp3) is 0.167. The molecule has 2 rings (SSSR count). The molecule has 1 heterocycles. The van der Waals surface area contributed by atoms with Crippen LogP contribution in [-0.4, -0.2) is 27.4 Å². The van der Waals surface area contributed by atoms with Crippen LogP contribution in [0.2, 0.25) is 0 Å². The van der Waals surface area contributed by atoms with Crippen LogP contribution < -0.4 is 0 Å². The summed E-state index contributed by atoms with van der Waals surface area (Å²) in [4.78, 5) is 26.6. The number of carbonyl (C=O) groups is 2. The van der Waals surface area contributed by atoms with Crippen molar-refractivity contribution in [2.45, 2.75) is 12.8 Å². The van der Waals surface area contributed by atoms with Crippen LogP contribution in [0.3, 0.4) is 0 Å². The number of allylic oxidation sites excluding steroid dienone is 1. The van der Waals surface area contributed by atoms with Gasteiger partial charge in [-0.3, -0.25) is 14.6 Å². The lowest BCUT2D eigenvalue weighted by atomic mass is 9.89. The quantitative estimate of drug-likeness (QED) is 0.432. The van der Waals surface area contributed by atoms with E-state index in [9.17, 15) is 14.7 Å². The van der Waals surface area contributed by atoms with Gasteiger partial charge in [0.15, 0.2) is 11.5 Å². The van der Waals surface area contributed by atoms with E-state index in [0.29, 0.717) is 0 Å². The van der Waals surface area contributed by atoms with Crippen LogP contribution in [0.5, 0.6) is 0 Å². The van der Waals surface area contributed by atoms with E-state index in [0.717, 1.165) is 0 Å². The zero-order valence-corrected chi connectivity index (χ0v) is 8.93. The number of nitrogens with one attached hydrogen (secondary N) is 1. The first-order chi connectivity index (χ1) is 8.09. The zero-order valence-electron chi connectivity index (χ0n) is 8.93. The summed E-state index contributed by atoms with van der Waals surface area (Å²) >= 11 is 0. The Kier molecular flexibility index (Phi) is 2.82. The van der Waals surface area contributed by atoms with Gasteiger partial charge in [0.05, 0.1) is 17.7 Å². The molecule has 1 aromatic heterocycles. The molecule has 1 aromatic rings. The molecular formula is C12H10N2O3. The molecule has 0 unspecified atom stereocenters. The molecule has 0 radical (unpaired) electrons. The molecule has 0 amide bonds. The molecular weight excluding hydrogens is 220 g/mol. The highest BCUT2D eigenvalue weighted by atomic mass is 16.3. The highest BCUT2D eigenvalue weighted by Gasteiger charge is 2.29. The lowest BCUT2D eigenvalue weighted by Crippen LogP contribution is -2.26. The van der Waals surface area contributed by atoms with Gasteiger partial charge in [-0.1, -0.05) is 6.07 Å². The first-order valence-corrected chi connectivity index (χ1v) is 5.07. The molecule has 86 valence electrons. The number of nitrogens with zero attached hydrogens (tertiary/aromatic N) is 1. The largest absolute Gasteiger partial charge is 0.505 e. The maximum atomic E-state index is 11.6. The molecule has 0 bridgehead atoms. The molecule has 0 aromatic carbocycles. The van der Waals surface area contributed by atoms with E-state index >= 15 is 0 Å². The van der Waals surface area contributed by atoms with Crippen molar-refractivity contribution in [1.29, 1.82) is 5.41 Å². The number of hydrogen-bond acceptors (Lipinski definition) is 5. The van der Waals surface area contributed by atoms with E-state index in [-0.39, 0.29) is 41.4 Å². The van der Waals surface area contributed by atoms with Gasteiger partial charge in [-0.15, -0.1) is 0 Å². The molecule has 17 heavy (non-hydrogen) atoms. The van der Waals surface area contributed by atoms with Gasteiger partial charge in [0.2, 0.25) is 0 Å². The highest BCUT2D eigenvalue weighted by Crippen LogP contribution is 2.22. The Morgan fingerprint density at radius 2 is 2.06 bits per heavy atom. The Bertz CT molecular complexity index is 510. The van der Waals surface area contributed by atoms with E-state index in [2.05, 4.69) is 4.98 Å². The number of hydrogen-bond donors (Lipinski definition) is 2. The number of aromatic nitrogens is 1. The van der Waals surface area contributed by atoms with Gasteiger partial charge in [0.1, 0.15) is 11.5 Å². The number of rotatable bonds is 1. The average Bonchev–Trinajstić information content (AvgIpc) is 2.28. The Morgan fingerprint density at radius 3 is 2.65 bits per heavy atom. The number of pyridine rings is 1. The van der Waals surface area contributed by atoms with Crippen molar-refractivity contribution in [3.8, 4) is 0 Å². The fourth-order valence-electron chi connectivity index (χ4n) is 1.69. The lowest BCUT2D eigenvalue weighted by molar-refractivity contribution is -0.124. The maximum absolute atomic E-state index is 11.6. The minimum absolute atomic E-state index is 0.0942. The summed E-state index contributed by atoms with van der Waals surface area (Å²) in [5.74, 6) is -1.14. The van der Waals surface area contributed by atoms with Gasteiger partial charge in [0.25, 0.3) is 0 Å². The van der Waals surface area contributed by atoms with Gasteiger partial charge in [-0.25, -0.2) is 0 Å². The molecule has 1 aliphatic carbocycles. The molecule has 2 N–H and O–H groups in total. The normalized spacial score (nSPS) is 19.4. The summed E-state index contributed by atoms with van der Waals surface area (Å²) in [6.07, 6.45) is 1.11. The zero-order chi connectivity index (χ0) is 12.4. The SMILES string of the molecule is N=C1CC(=O)CC(=O)C1=C(O)c1ccccn1. The highest BCUT2D eigenvalue weighted by molar-refractivity contribution is 6.35. The third-order valence-electron chi connectivity index (χ3n) is 2.46. The predicted molar refractivity (Wildman–Crippen MR) is 60.8 cm³/mol. The topological polar surface area (TPSA) is 91.1 Å². The van der Waals surface area contributed by atoms with E-state index in [4.69, 9.17) is 5.41 Å². The second-order valence-electron chi connectivity index (χ2n) is 3.73. The van der Waals surface area contributed by atoms with E-state index < -0.39 is 5.78 Å². The maximum Gasteiger partial charge on any atom is 0.175 e. The van der Waals surface area contributed by atoms with Gasteiger partial charge >= 0.3 is 0 Å². The fourth-order valence-corrected chi connectivity index (χ4v) is 1.69. The summed E-state index contributed by atoms with van der Waals surface area (Å²) < 4.78 is 0. The van der Waals surface area contributed by atoms with Crippen LogP contribution in [0.1, 0.15) is 18.5 Å². The first kappa shape index (κ1) is 11.2. The number of aliphatic hydroxyl groups is 1. The minimum Gasteiger partial charge on any atom is -0.505 e. The van der Waals surface area contributed by atoms with Gasteiger partial charge < -0.3 is 10.5 Å². The van der Waals surface area contributed by atoms with Crippen LogP contribution in [0.4, 0.5) is 0 Å². The molecule has 1 fully saturated rings. The molecule has 5 nitrogen and oxygen atoms in total. The Hall–Kier alpha value is -2.30. The van der Waals surface area contributed by atoms with Crippen LogP contribution in [0, 0.1) is 5.41 Å². The molecule has 0 saturated heterocycles. The second kappa shape index (κ2) is 4.29. The van der Waals surface area contributed by atoms with Crippen LogP contribution >= 0.6 is 0 Å². The third kappa shape index (κ3) is 2.13. The number of carbonyl (C=O) groups excluding carboxylic acids is 2. The van der Waals surface area contributed by atoms with Gasteiger partial charge in [0, 0.05) is 12.6 Å². The standard InChI is InChI=1S/C12H10N2O3/c13-8-5-7(15)6-10(16)11(8)12(17)9-3-1-2-4-14-9/h1-4,13,17H,5-6H2. The van der Waals surface area contributed by atoms with Crippen molar-refractivity contribution in [3.63, 3.8) is 0 Å². The van der Waals surface area contributed by atoms with Crippen molar-refractivity contribution in [2.24, 2.45) is 0 Å². The van der Waals surface area contributed by atoms with Crippen molar-refractivity contribution in [1.82, 2.24) is 4.98 Å². The second-order valence-corrected chi connectivity index (χ2v) is 3.73. The van der Waals surface area contributed by atoms with E-state index in [1.807, 2.05) is 0 Å². The van der Waals surface area contributed by atoms with Crippen molar-refractivity contribution in [2.75, 3.05) is 0 Å². The summed E-state index contributed by atoms with van der Waals surface area (Å²) in [5, 5.41) is 17.5. The molecule has 0 atom stereocenters. The number of aliphatic hydroxyl groups excluding tert-OH is 1. The predicted octanol–water partition coefficient (Wildman–Crippen LogP) is 1.30. The van der Waals surface area contributed by atoms with Gasteiger partial charge in [-0.2, -0.15) is 0 Å². The van der Waals surface area contributed by atoms with Crippen LogP contribution in [0.15, 0.2) is 30.0 Å². The smallest absolute Gasteiger partial charge is 0.175 e. The Morgan fingerprint density at radius 1 is 1.29 bits per heavy atom. The van der Waals surface area contributed by atoms with Crippen molar-refractivity contribution >= 4 is 23.0 Å². The minimum atomic E-state index is -0.519.